The number of aromatic nitrogens is 3. The number of ether oxygens (including phenoxy) is 1. The average molecular weight is 491 g/mol. The number of amides is 1. The summed E-state index contributed by atoms with van der Waals surface area (Å²) in [5.41, 5.74) is 4.59. The molecule has 0 radical (unpaired) electrons. The van der Waals surface area contributed by atoms with Crippen molar-refractivity contribution in [1.29, 1.82) is 0 Å². The fourth-order valence-electron chi connectivity index (χ4n) is 4.49. The van der Waals surface area contributed by atoms with Crippen molar-refractivity contribution in [3.8, 4) is 0 Å². The van der Waals surface area contributed by atoms with Gasteiger partial charge in [-0.1, -0.05) is 12.2 Å². The van der Waals surface area contributed by atoms with E-state index in [1.807, 2.05) is 46.0 Å². The lowest BCUT2D eigenvalue weighted by Crippen LogP contribution is -2.39. The largest absolute Gasteiger partial charge is 0.444 e. The molecule has 4 heterocycles. The summed E-state index contributed by atoms with van der Waals surface area (Å²) in [4.78, 5) is 28.4. The molecule has 5 rings (SSSR count). The van der Waals surface area contributed by atoms with Gasteiger partial charge in [0.1, 0.15) is 29.2 Å². The molecule has 8 nitrogen and oxygen atoms in total. The Kier molecular flexibility index (Phi) is 6.26. The number of aromatic amines is 1. The zero-order valence-electron chi connectivity index (χ0n) is 21.1. The summed E-state index contributed by atoms with van der Waals surface area (Å²) >= 11 is 0. The Balaban J connectivity index is 1.36. The van der Waals surface area contributed by atoms with Crippen LogP contribution in [0, 0.1) is 5.82 Å². The molecule has 0 bridgehead atoms. The third-order valence-corrected chi connectivity index (χ3v) is 6.30. The van der Waals surface area contributed by atoms with Gasteiger partial charge in [0.25, 0.3) is 0 Å². The van der Waals surface area contributed by atoms with Gasteiger partial charge in [-0.15, -0.1) is 0 Å². The number of fused-ring (bicyclic) bond motifs is 1. The molecule has 0 spiro atoms. The van der Waals surface area contributed by atoms with Crippen LogP contribution in [0.2, 0.25) is 0 Å². The monoisotopic (exact) mass is 490 g/mol. The van der Waals surface area contributed by atoms with Crippen LogP contribution in [0.5, 0.6) is 0 Å². The van der Waals surface area contributed by atoms with Crippen molar-refractivity contribution in [2.45, 2.75) is 32.8 Å². The number of anilines is 2. The quantitative estimate of drug-likeness (QED) is 0.523. The van der Waals surface area contributed by atoms with Crippen molar-refractivity contribution in [3.05, 3.63) is 59.8 Å². The van der Waals surface area contributed by atoms with Crippen LogP contribution in [0.25, 0.3) is 22.2 Å². The molecule has 1 amide bonds. The average Bonchev–Trinajstić information content (AvgIpc) is 3.46. The number of H-pyrrole nitrogens is 1. The number of benzene rings is 1. The van der Waals surface area contributed by atoms with Crippen molar-refractivity contribution < 1.29 is 13.9 Å². The fourth-order valence-corrected chi connectivity index (χ4v) is 4.49. The van der Waals surface area contributed by atoms with Crippen molar-refractivity contribution in [1.82, 2.24) is 24.8 Å². The fraction of sp³-hybridized carbons (Fsp3) is 0.370. The number of carbonyl (C=O) groups excluding carboxylic acids is 1. The van der Waals surface area contributed by atoms with Crippen LogP contribution in [0.4, 0.5) is 20.7 Å². The maximum atomic E-state index is 14.6. The second kappa shape index (κ2) is 9.39. The predicted molar refractivity (Wildman–Crippen MR) is 139 cm³/mol. The van der Waals surface area contributed by atoms with E-state index in [9.17, 15) is 9.18 Å². The minimum atomic E-state index is -0.518. The molecule has 0 atom stereocenters. The number of hydrogen-bond acceptors (Lipinski definition) is 6. The molecule has 2 aliphatic heterocycles. The zero-order chi connectivity index (χ0) is 25.4. The first-order chi connectivity index (χ1) is 17.2. The first-order valence-corrected chi connectivity index (χ1v) is 12.1. The topological polar surface area (TPSA) is 86.4 Å². The highest BCUT2D eigenvalue weighted by atomic mass is 19.1. The lowest BCUT2D eigenvalue weighted by atomic mass is 10.0. The third kappa shape index (κ3) is 5.11. The summed E-state index contributed by atoms with van der Waals surface area (Å²) in [7, 11) is 2.02. The van der Waals surface area contributed by atoms with Gasteiger partial charge in [-0.05, 0) is 69.7 Å². The van der Waals surface area contributed by atoms with Gasteiger partial charge in [-0.3, -0.25) is 4.90 Å². The van der Waals surface area contributed by atoms with E-state index in [1.165, 1.54) is 12.4 Å². The van der Waals surface area contributed by atoms with E-state index in [-0.39, 0.29) is 11.9 Å². The van der Waals surface area contributed by atoms with Crippen molar-refractivity contribution in [2.24, 2.45) is 0 Å². The summed E-state index contributed by atoms with van der Waals surface area (Å²) in [6.45, 7) is 8.20. The number of hydrogen-bond donors (Lipinski definition) is 2. The maximum absolute atomic E-state index is 14.6. The minimum absolute atomic E-state index is 0.233. The van der Waals surface area contributed by atoms with E-state index in [0.717, 1.165) is 41.0 Å². The standard InChI is InChI=1S/C27H31FN6O2/c1-27(2,3)36-26(35)34-11-8-17(9-12-34)23-14-21-24(29-16-30-25(21)32-23)31-19-5-6-22(28)20(13-19)18-7-10-33(4)15-18/h5-8,13-14,16H,9-12,15H2,1-4H3,(H2,29,30,31,32). The van der Waals surface area contributed by atoms with Gasteiger partial charge in [0.05, 0.1) is 5.39 Å². The molecular weight excluding hydrogens is 459 g/mol. The number of nitrogens with one attached hydrogen (secondary N) is 2. The van der Waals surface area contributed by atoms with Crippen LogP contribution in [0.3, 0.4) is 0 Å². The summed E-state index contributed by atoms with van der Waals surface area (Å²) in [5.74, 6) is 0.410. The molecule has 36 heavy (non-hydrogen) atoms. The molecule has 2 aliphatic rings. The smallest absolute Gasteiger partial charge is 0.410 e. The van der Waals surface area contributed by atoms with E-state index < -0.39 is 5.60 Å². The number of rotatable bonds is 4. The second-order valence-corrected chi connectivity index (χ2v) is 10.3. The molecular formula is C27H31FN6O2. The molecule has 1 aromatic carbocycles. The third-order valence-electron chi connectivity index (χ3n) is 6.30. The van der Waals surface area contributed by atoms with E-state index in [1.54, 1.807) is 11.0 Å². The van der Waals surface area contributed by atoms with Crippen LogP contribution in [-0.4, -0.2) is 69.7 Å². The van der Waals surface area contributed by atoms with Crippen LogP contribution in [-0.2, 0) is 4.74 Å². The van der Waals surface area contributed by atoms with Crippen molar-refractivity contribution in [3.63, 3.8) is 0 Å². The SMILES string of the molecule is CN1CC=C(c2cc(Nc3ncnc4[nH]c(C5=CCN(C(=O)OC(C)(C)C)CC5)cc34)ccc2F)C1. The Bertz CT molecular complexity index is 1370. The van der Waals surface area contributed by atoms with Crippen LogP contribution in [0.1, 0.15) is 38.4 Å². The van der Waals surface area contributed by atoms with Crippen LogP contribution < -0.4 is 5.32 Å². The number of nitrogens with zero attached hydrogens (tertiary/aromatic N) is 4. The highest BCUT2D eigenvalue weighted by molar-refractivity contribution is 5.92. The molecule has 9 heteroatoms. The first-order valence-electron chi connectivity index (χ1n) is 12.1. The normalized spacial score (nSPS) is 16.8. The van der Waals surface area contributed by atoms with Crippen LogP contribution >= 0.6 is 0 Å². The predicted octanol–water partition coefficient (Wildman–Crippen LogP) is 5.19. The molecule has 0 saturated heterocycles. The van der Waals surface area contributed by atoms with Crippen LogP contribution in [0.15, 0.2) is 42.7 Å². The second-order valence-electron chi connectivity index (χ2n) is 10.3. The Labute approximate surface area is 209 Å². The summed E-state index contributed by atoms with van der Waals surface area (Å²) < 4.78 is 20.0. The Morgan fingerprint density at radius 1 is 1.14 bits per heavy atom. The van der Waals surface area contributed by atoms with Gasteiger partial charge in [-0.25, -0.2) is 19.2 Å². The summed E-state index contributed by atoms with van der Waals surface area (Å²) in [5, 5.41) is 4.18. The molecule has 0 fully saturated rings. The van der Waals surface area contributed by atoms with Gasteiger partial charge in [-0.2, -0.15) is 0 Å². The van der Waals surface area contributed by atoms with Gasteiger partial charge < -0.3 is 19.9 Å². The van der Waals surface area contributed by atoms with E-state index in [2.05, 4.69) is 31.2 Å². The highest BCUT2D eigenvalue weighted by Gasteiger charge is 2.24. The van der Waals surface area contributed by atoms with Crippen molar-refractivity contribution >= 4 is 39.8 Å². The van der Waals surface area contributed by atoms with Gasteiger partial charge >= 0.3 is 6.09 Å². The maximum Gasteiger partial charge on any atom is 0.410 e. The lowest BCUT2D eigenvalue weighted by molar-refractivity contribution is 0.0270. The van der Waals surface area contributed by atoms with Gasteiger partial charge in [0.2, 0.25) is 0 Å². The number of halogens is 1. The van der Waals surface area contributed by atoms with E-state index in [4.69, 9.17) is 4.74 Å². The summed E-state index contributed by atoms with van der Waals surface area (Å²) in [6.07, 6.45) is 6.00. The highest BCUT2D eigenvalue weighted by Crippen LogP contribution is 2.31. The molecule has 3 aromatic rings. The van der Waals surface area contributed by atoms with Crippen molar-refractivity contribution in [2.75, 3.05) is 38.5 Å². The van der Waals surface area contributed by atoms with Gasteiger partial charge in [0.15, 0.2) is 0 Å². The van der Waals surface area contributed by atoms with E-state index in [0.29, 0.717) is 36.5 Å². The molecule has 2 aromatic heterocycles. The Morgan fingerprint density at radius 2 is 1.94 bits per heavy atom. The Hall–Kier alpha value is -3.72. The Morgan fingerprint density at radius 3 is 2.64 bits per heavy atom. The zero-order valence-corrected chi connectivity index (χ0v) is 21.1. The molecule has 0 aliphatic carbocycles. The first kappa shape index (κ1) is 24.0. The minimum Gasteiger partial charge on any atom is -0.444 e. The van der Waals surface area contributed by atoms with E-state index >= 15 is 0 Å². The summed E-state index contributed by atoms with van der Waals surface area (Å²) in [6, 6.07) is 7.05. The molecule has 2 N–H and O–H groups in total. The molecule has 188 valence electrons. The number of likely N-dealkylation sites (N-methyl/N-ethyl adjacent to an activating group) is 1. The molecule has 0 unspecified atom stereocenters. The van der Waals surface area contributed by atoms with Gasteiger partial charge in [0, 0.05) is 43.1 Å². The molecule has 0 saturated carbocycles. The number of carbonyl (C=O) groups is 1. The lowest BCUT2D eigenvalue weighted by Gasteiger charge is -2.29.